The van der Waals surface area contributed by atoms with Crippen LogP contribution in [0.15, 0.2) is 59.4 Å². The number of nitrogens with zero attached hydrogens (tertiary/aromatic N) is 4. The van der Waals surface area contributed by atoms with E-state index in [4.69, 9.17) is 5.21 Å². The molecule has 3 amide bonds. The van der Waals surface area contributed by atoms with Crippen LogP contribution in [0.4, 0.5) is 10.5 Å². The minimum Gasteiger partial charge on any atom is -0.354 e. The molecule has 0 unspecified atom stereocenters. The van der Waals surface area contributed by atoms with Crippen LogP contribution in [-0.4, -0.2) is 66.4 Å². The summed E-state index contributed by atoms with van der Waals surface area (Å²) in [5.41, 5.74) is 2.65. The van der Waals surface area contributed by atoms with Crippen LogP contribution < -0.4 is 10.4 Å². The van der Waals surface area contributed by atoms with Gasteiger partial charge in [-0.3, -0.25) is 14.9 Å². The van der Waals surface area contributed by atoms with Gasteiger partial charge in [0.15, 0.2) is 0 Å². The second kappa shape index (κ2) is 9.54. The van der Waals surface area contributed by atoms with E-state index in [9.17, 15) is 9.59 Å². The van der Waals surface area contributed by atoms with Crippen LogP contribution in [0.3, 0.4) is 0 Å². The number of para-hydroxylation sites is 1. The number of anilines is 1. The highest BCUT2D eigenvalue weighted by atomic mass is 16.5. The topological polar surface area (TPSA) is 88.5 Å². The molecule has 0 aliphatic carbocycles. The highest BCUT2D eigenvalue weighted by Gasteiger charge is 2.24. The lowest BCUT2D eigenvalue weighted by atomic mass is 10.2. The van der Waals surface area contributed by atoms with Crippen LogP contribution in [0, 0.1) is 0 Å². The third-order valence-electron chi connectivity index (χ3n) is 4.37. The van der Waals surface area contributed by atoms with Crippen molar-refractivity contribution < 1.29 is 14.8 Å². The number of rotatable bonds is 5. The SMILES string of the molecule is C=C(/N=C\C(=C/C)C(=O)NO)N1CCN(C(=O)N(C)c2ccccc2)CC1. The van der Waals surface area contributed by atoms with E-state index in [0.29, 0.717) is 32.0 Å². The van der Waals surface area contributed by atoms with E-state index in [2.05, 4.69) is 11.6 Å². The van der Waals surface area contributed by atoms with Crippen LogP contribution >= 0.6 is 0 Å². The molecule has 27 heavy (non-hydrogen) atoms. The lowest BCUT2D eigenvalue weighted by Gasteiger charge is -2.37. The molecule has 0 spiro atoms. The smallest absolute Gasteiger partial charge is 0.324 e. The molecule has 0 bridgehead atoms. The highest BCUT2D eigenvalue weighted by molar-refractivity contribution is 6.11. The van der Waals surface area contributed by atoms with Crippen molar-refractivity contribution in [2.24, 2.45) is 4.99 Å². The van der Waals surface area contributed by atoms with E-state index < -0.39 is 5.91 Å². The Morgan fingerprint density at radius 1 is 1.19 bits per heavy atom. The molecule has 0 radical (unpaired) electrons. The van der Waals surface area contributed by atoms with Crippen molar-refractivity contribution in [2.75, 3.05) is 38.1 Å². The van der Waals surface area contributed by atoms with Gasteiger partial charge in [0, 0.05) is 45.1 Å². The molecule has 1 saturated heterocycles. The molecule has 1 heterocycles. The summed E-state index contributed by atoms with van der Waals surface area (Å²) in [4.78, 5) is 33.6. The normalized spacial score (nSPS) is 15.0. The lowest BCUT2D eigenvalue weighted by Crippen LogP contribution is -2.51. The first-order chi connectivity index (χ1) is 13.0. The average Bonchev–Trinajstić information content (AvgIpc) is 2.73. The van der Waals surface area contributed by atoms with E-state index in [0.717, 1.165) is 5.69 Å². The lowest BCUT2D eigenvalue weighted by molar-refractivity contribution is -0.124. The number of amides is 3. The van der Waals surface area contributed by atoms with Crippen LogP contribution in [0.1, 0.15) is 6.92 Å². The Hall–Kier alpha value is -3.13. The molecular weight excluding hydrogens is 346 g/mol. The summed E-state index contributed by atoms with van der Waals surface area (Å²) >= 11 is 0. The molecule has 1 aromatic carbocycles. The number of nitrogens with one attached hydrogen (secondary N) is 1. The van der Waals surface area contributed by atoms with E-state index in [1.54, 1.807) is 35.3 Å². The molecule has 1 aliphatic rings. The number of hydroxylamine groups is 1. The van der Waals surface area contributed by atoms with Crippen molar-refractivity contribution in [1.29, 1.82) is 0 Å². The largest absolute Gasteiger partial charge is 0.354 e. The summed E-state index contributed by atoms with van der Waals surface area (Å²) in [6.07, 6.45) is 2.90. The summed E-state index contributed by atoms with van der Waals surface area (Å²) in [6.45, 7) is 7.89. The molecule has 2 N–H and O–H groups in total. The minimum atomic E-state index is -0.631. The van der Waals surface area contributed by atoms with Gasteiger partial charge in [-0.25, -0.2) is 15.3 Å². The summed E-state index contributed by atoms with van der Waals surface area (Å²) in [6, 6.07) is 9.45. The summed E-state index contributed by atoms with van der Waals surface area (Å²) in [7, 11) is 1.76. The Labute approximate surface area is 159 Å². The predicted molar refractivity (Wildman–Crippen MR) is 105 cm³/mol. The number of hydrogen-bond acceptors (Lipinski definition) is 5. The van der Waals surface area contributed by atoms with E-state index in [-0.39, 0.29) is 11.6 Å². The van der Waals surface area contributed by atoms with Gasteiger partial charge in [0.25, 0.3) is 5.91 Å². The third-order valence-corrected chi connectivity index (χ3v) is 4.37. The van der Waals surface area contributed by atoms with Crippen molar-refractivity contribution >= 4 is 23.8 Å². The van der Waals surface area contributed by atoms with Gasteiger partial charge < -0.3 is 9.80 Å². The first-order valence-corrected chi connectivity index (χ1v) is 8.64. The zero-order valence-corrected chi connectivity index (χ0v) is 15.6. The summed E-state index contributed by atoms with van der Waals surface area (Å²) in [5.74, 6) is -0.128. The van der Waals surface area contributed by atoms with E-state index in [1.165, 1.54) is 6.21 Å². The number of carbonyl (C=O) groups excluding carboxylic acids is 2. The average molecular weight is 371 g/mol. The zero-order valence-electron chi connectivity index (χ0n) is 15.6. The summed E-state index contributed by atoms with van der Waals surface area (Å²) < 4.78 is 0. The highest BCUT2D eigenvalue weighted by Crippen LogP contribution is 2.16. The fourth-order valence-electron chi connectivity index (χ4n) is 2.68. The Kier molecular flexibility index (Phi) is 7.13. The Balaban J connectivity index is 1.90. The van der Waals surface area contributed by atoms with Gasteiger partial charge in [-0.05, 0) is 19.1 Å². The molecule has 0 saturated carbocycles. The van der Waals surface area contributed by atoms with Crippen LogP contribution in [0.25, 0.3) is 0 Å². The van der Waals surface area contributed by atoms with E-state index >= 15 is 0 Å². The van der Waals surface area contributed by atoms with Crippen molar-refractivity contribution in [3.05, 3.63) is 54.4 Å². The van der Waals surface area contributed by atoms with Gasteiger partial charge in [0.2, 0.25) is 0 Å². The Bertz CT molecular complexity index is 737. The number of carbonyl (C=O) groups is 2. The quantitative estimate of drug-likeness (QED) is 0.358. The maximum atomic E-state index is 12.6. The standard InChI is InChI=1S/C19H25N5O3/c1-4-16(18(25)21-27)14-20-15(2)23-10-12-24(13-11-23)19(26)22(3)17-8-6-5-7-9-17/h4-9,14,27H,2,10-13H2,1,3H3,(H,21,25)/b16-4+,20-14-. The van der Waals surface area contributed by atoms with Crippen molar-refractivity contribution in [3.8, 4) is 0 Å². The van der Waals surface area contributed by atoms with Crippen molar-refractivity contribution in [3.63, 3.8) is 0 Å². The number of piperazine rings is 1. The third kappa shape index (κ3) is 5.18. The first kappa shape index (κ1) is 20.2. The molecule has 1 aromatic rings. The number of aliphatic imine (C=N–C) groups is 1. The molecule has 8 nitrogen and oxygen atoms in total. The van der Waals surface area contributed by atoms with Gasteiger partial charge in [-0.15, -0.1) is 0 Å². The number of allylic oxidation sites excluding steroid dienone is 1. The first-order valence-electron chi connectivity index (χ1n) is 8.64. The second-order valence-corrected chi connectivity index (χ2v) is 6.01. The molecule has 2 rings (SSSR count). The molecule has 8 heteroatoms. The van der Waals surface area contributed by atoms with Crippen LogP contribution in [-0.2, 0) is 4.79 Å². The maximum Gasteiger partial charge on any atom is 0.324 e. The number of benzene rings is 1. The van der Waals surface area contributed by atoms with Crippen LogP contribution in [0.5, 0.6) is 0 Å². The fraction of sp³-hybridized carbons (Fsp3) is 0.316. The predicted octanol–water partition coefficient (Wildman–Crippen LogP) is 1.85. The van der Waals surface area contributed by atoms with Gasteiger partial charge in [0.1, 0.15) is 5.82 Å². The number of hydrogen-bond donors (Lipinski definition) is 2. The van der Waals surface area contributed by atoms with Gasteiger partial charge >= 0.3 is 6.03 Å². The molecule has 1 fully saturated rings. The van der Waals surface area contributed by atoms with Gasteiger partial charge in [-0.1, -0.05) is 30.9 Å². The minimum absolute atomic E-state index is 0.0502. The van der Waals surface area contributed by atoms with E-state index in [1.807, 2.05) is 35.2 Å². The fourth-order valence-corrected chi connectivity index (χ4v) is 2.68. The Morgan fingerprint density at radius 3 is 2.33 bits per heavy atom. The maximum absolute atomic E-state index is 12.6. The summed E-state index contributed by atoms with van der Waals surface area (Å²) in [5, 5.41) is 8.68. The van der Waals surface area contributed by atoms with Gasteiger partial charge in [-0.2, -0.15) is 0 Å². The number of urea groups is 1. The van der Waals surface area contributed by atoms with Crippen molar-refractivity contribution in [2.45, 2.75) is 6.92 Å². The van der Waals surface area contributed by atoms with Crippen LogP contribution in [0.2, 0.25) is 0 Å². The molecule has 144 valence electrons. The Morgan fingerprint density at radius 2 is 1.78 bits per heavy atom. The molecule has 0 atom stereocenters. The van der Waals surface area contributed by atoms with Gasteiger partial charge in [0.05, 0.1) is 5.57 Å². The zero-order chi connectivity index (χ0) is 19.8. The molecule has 0 aromatic heterocycles. The second-order valence-electron chi connectivity index (χ2n) is 6.01. The molecule has 1 aliphatic heterocycles. The molecular formula is C19H25N5O3. The monoisotopic (exact) mass is 371 g/mol. The van der Waals surface area contributed by atoms with Crippen molar-refractivity contribution in [1.82, 2.24) is 15.3 Å².